The molecule has 0 spiro atoms. The maximum absolute atomic E-state index is 3.70. The number of hydrogen-bond donors (Lipinski definition) is 1. The Morgan fingerprint density at radius 2 is 1.94 bits per heavy atom. The van der Waals surface area contributed by atoms with E-state index in [9.17, 15) is 0 Å². The summed E-state index contributed by atoms with van der Waals surface area (Å²) >= 11 is 0. The summed E-state index contributed by atoms with van der Waals surface area (Å²) in [5, 5.41) is 3.70. The van der Waals surface area contributed by atoms with Crippen LogP contribution in [-0.4, -0.2) is 6.54 Å². The van der Waals surface area contributed by atoms with Gasteiger partial charge >= 0.3 is 0 Å². The van der Waals surface area contributed by atoms with Gasteiger partial charge in [0.1, 0.15) is 0 Å². The van der Waals surface area contributed by atoms with Gasteiger partial charge in [0.2, 0.25) is 0 Å². The summed E-state index contributed by atoms with van der Waals surface area (Å²) in [6.07, 6.45) is 5.37. The third kappa shape index (κ3) is 3.58. The Bertz CT molecular complexity index is 354. The molecule has 1 nitrogen and oxygen atoms in total. The van der Waals surface area contributed by atoms with Crippen LogP contribution in [0.5, 0.6) is 0 Å². The van der Waals surface area contributed by atoms with Crippen LogP contribution in [0, 0.1) is 11.8 Å². The van der Waals surface area contributed by atoms with Crippen molar-refractivity contribution in [3.8, 4) is 0 Å². The second kappa shape index (κ2) is 6.38. The molecule has 0 bridgehead atoms. The Balaban J connectivity index is 1.81. The SMILES string of the molecule is CCc1ccc(C(C)NCC2CCC(C)C2)cc1. The molecule has 3 atom stereocenters. The van der Waals surface area contributed by atoms with Gasteiger partial charge in [-0.05, 0) is 55.7 Å². The van der Waals surface area contributed by atoms with Crippen LogP contribution < -0.4 is 5.32 Å². The highest BCUT2D eigenvalue weighted by atomic mass is 14.9. The van der Waals surface area contributed by atoms with Crippen LogP contribution in [0.4, 0.5) is 0 Å². The van der Waals surface area contributed by atoms with Gasteiger partial charge in [-0.25, -0.2) is 0 Å². The lowest BCUT2D eigenvalue weighted by atomic mass is 10.0. The van der Waals surface area contributed by atoms with Crippen LogP contribution in [0.15, 0.2) is 24.3 Å². The minimum absolute atomic E-state index is 0.479. The van der Waals surface area contributed by atoms with E-state index in [1.54, 1.807) is 0 Å². The molecule has 1 fully saturated rings. The van der Waals surface area contributed by atoms with Crippen LogP contribution in [0.3, 0.4) is 0 Å². The van der Waals surface area contributed by atoms with Crippen molar-refractivity contribution in [3.05, 3.63) is 35.4 Å². The van der Waals surface area contributed by atoms with Crippen molar-refractivity contribution >= 4 is 0 Å². The predicted octanol–water partition coefficient (Wildman–Crippen LogP) is 4.34. The van der Waals surface area contributed by atoms with Crippen LogP contribution in [0.2, 0.25) is 0 Å². The monoisotopic (exact) mass is 245 g/mol. The molecule has 1 aromatic carbocycles. The van der Waals surface area contributed by atoms with E-state index in [1.165, 1.54) is 36.9 Å². The lowest BCUT2D eigenvalue weighted by molar-refractivity contribution is 0.440. The average molecular weight is 245 g/mol. The molecule has 1 aliphatic rings. The van der Waals surface area contributed by atoms with Gasteiger partial charge < -0.3 is 5.32 Å². The molecule has 0 radical (unpaired) electrons. The molecule has 0 heterocycles. The summed E-state index contributed by atoms with van der Waals surface area (Å²) in [5.41, 5.74) is 2.84. The van der Waals surface area contributed by atoms with Crippen molar-refractivity contribution in [2.24, 2.45) is 11.8 Å². The maximum Gasteiger partial charge on any atom is 0.0291 e. The van der Waals surface area contributed by atoms with Gasteiger partial charge in [-0.1, -0.05) is 44.5 Å². The summed E-state index contributed by atoms with van der Waals surface area (Å²) in [6, 6.07) is 9.53. The standard InChI is InChI=1S/C17H27N/c1-4-15-7-9-17(10-8-15)14(3)18-12-16-6-5-13(2)11-16/h7-10,13-14,16,18H,4-6,11-12H2,1-3H3. The molecular weight excluding hydrogens is 218 g/mol. The highest BCUT2D eigenvalue weighted by Gasteiger charge is 2.21. The van der Waals surface area contributed by atoms with Crippen molar-refractivity contribution in [1.29, 1.82) is 0 Å². The maximum atomic E-state index is 3.70. The van der Waals surface area contributed by atoms with Crippen LogP contribution in [-0.2, 0) is 6.42 Å². The normalized spacial score (nSPS) is 25.3. The van der Waals surface area contributed by atoms with Crippen molar-refractivity contribution in [3.63, 3.8) is 0 Å². The molecule has 0 aromatic heterocycles. The fourth-order valence-electron chi connectivity index (χ4n) is 3.01. The van der Waals surface area contributed by atoms with Gasteiger partial charge in [-0.3, -0.25) is 0 Å². The van der Waals surface area contributed by atoms with Gasteiger partial charge in [0.05, 0.1) is 0 Å². The number of nitrogens with one attached hydrogen (secondary N) is 1. The van der Waals surface area contributed by atoms with E-state index < -0.39 is 0 Å². The molecular formula is C17H27N. The first-order chi connectivity index (χ1) is 8.69. The van der Waals surface area contributed by atoms with E-state index in [-0.39, 0.29) is 0 Å². The number of hydrogen-bond acceptors (Lipinski definition) is 1. The molecule has 0 saturated heterocycles. The summed E-state index contributed by atoms with van der Waals surface area (Å²) < 4.78 is 0. The number of rotatable bonds is 5. The molecule has 100 valence electrons. The fraction of sp³-hybridized carbons (Fsp3) is 0.647. The summed E-state index contributed by atoms with van der Waals surface area (Å²) in [5.74, 6) is 1.84. The summed E-state index contributed by atoms with van der Waals surface area (Å²) in [4.78, 5) is 0. The Labute approximate surface area is 112 Å². The van der Waals surface area contributed by atoms with Crippen molar-refractivity contribution in [1.82, 2.24) is 5.32 Å². The van der Waals surface area contributed by atoms with Gasteiger partial charge in [0, 0.05) is 6.04 Å². The van der Waals surface area contributed by atoms with Crippen LogP contribution in [0.25, 0.3) is 0 Å². The summed E-state index contributed by atoms with van der Waals surface area (Å²) in [6.45, 7) is 8.05. The molecule has 1 saturated carbocycles. The third-order valence-corrected chi connectivity index (χ3v) is 4.40. The summed E-state index contributed by atoms with van der Waals surface area (Å²) in [7, 11) is 0. The zero-order chi connectivity index (χ0) is 13.0. The molecule has 3 unspecified atom stereocenters. The second-order valence-electron chi connectivity index (χ2n) is 6.01. The Morgan fingerprint density at radius 1 is 1.22 bits per heavy atom. The van der Waals surface area contributed by atoms with E-state index in [1.807, 2.05) is 0 Å². The molecule has 1 aromatic rings. The van der Waals surface area contributed by atoms with Gasteiger partial charge in [-0.2, -0.15) is 0 Å². The molecule has 18 heavy (non-hydrogen) atoms. The fourth-order valence-corrected chi connectivity index (χ4v) is 3.01. The van der Waals surface area contributed by atoms with Crippen LogP contribution >= 0.6 is 0 Å². The van der Waals surface area contributed by atoms with Crippen molar-refractivity contribution < 1.29 is 0 Å². The largest absolute Gasteiger partial charge is 0.310 e. The average Bonchev–Trinajstić information content (AvgIpc) is 2.82. The van der Waals surface area contributed by atoms with Gasteiger partial charge in [-0.15, -0.1) is 0 Å². The highest BCUT2D eigenvalue weighted by molar-refractivity contribution is 5.24. The number of aryl methyl sites for hydroxylation is 1. The zero-order valence-corrected chi connectivity index (χ0v) is 12.1. The van der Waals surface area contributed by atoms with Crippen LogP contribution in [0.1, 0.15) is 57.2 Å². The van der Waals surface area contributed by atoms with E-state index in [4.69, 9.17) is 0 Å². The van der Waals surface area contributed by atoms with E-state index in [0.717, 1.165) is 18.3 Å². The molecule has 2 rings (SSSR count). The first-order valence-corrected chi connectivity index (χ1v) is 7.51. The Kier molecular flexibility index (Phi) is 4.82. The Hall–Kier alpha value is -0.820. The minimum atomic E-state index is 0.479. The van der Waals surface area contributed by atoms with E-state index in [0.29, 0.717) is 6.04 Å². The first kappa shape index (κ1) is 13.6. The minimum Gasteiger partial charge on any atom is -0.310 e. The van der Waals surface area contributed by atoms with E-state index in [2.05, 4.69) is 50.4 Å². The van der Waals surface area contributed by atoms with E-state index >= 15 is 0 Å². The van der Waals surface area contributed by atoms with Gasteiger partial charge in [0.15, 0.2) is 0 Å². The quantitative estimate of drug-likeness (QED) is 0.814. The van der Waals surface area contributed by atoms with Gasteiger partial charge in [0.25, 0.3) is 0 Å². The predicted molar refractivity (Wildman–Crippen MR) is 78.7 cm³/mol. The third-order valence-electron chi connectivity index (χ3n) is 4.40. The highest BCUT2D eigenvalue weighted by Crippen LogP contribution is 2.30. The smallest absolute Gasteiger partial charge is 0.0291 e. The second-order valence-corrected chi connectivity index (χ2v) is 6.01. The topological polar surface area (TPSA) is 12.0 Å². The molecule has 1 heteroatoms. The molecule has 1 N–H and O–H groups in total. The zero-order valence-electron chi connectivity index (χ0n) is 12.1. The van der Waals surface area contributed by atoms with Crippen molar-refractivity contribution in [2.75, 3.05) is 6.54 Å². The lowest BCUT2D eigenvalue weighted by Gasteiger charge is -2.18. The molecule has 0 amide bonds. The molecule has 1 aliphatic carbocycles. The molecule has 0 aliphatic heterocycles. The lowest BCUT2D eigenvalue weighted by Crippen LogP contribution is -2.24. The first-order valence-electron chi connectivity index (χ1n) is 7.51. The Morgan fingerprint density at radius 3 is 2.50 bits per heavy atom. The number of benzene rings is 1. The van der Waals surface area contributed by atoms with Crippen molar-refractivity contribution in [2.45, 2.75) is 52.5 Å².